The summed E-state index contributed by atoms with van der Waals surface area (Å²) < 4.78 is 5.80. The zero-order valence-corrected chi connectivity index (χ0v) is 16.4. The Morgan fingerprint density at radius 3 is 2.97 bits per heavy atom. The Morgan fingerprint density at radius 2 is 2.03 bits per heavy atom. The van der Waals surface area contributed by atoms with Gasteiger partial charge in [-0.3, -0.25) is 9.98 Å². The summed E-state index contributed by atoms with van der Waals surface area (Å²) in [6.07, 6.45) is 12.5. The highest BCUT2D eigenvalue weighted by atomic mass is 16.5. The summed E-state index contributed by atoms with van der Waals surface area (Å²) in [6, 6.07) is 12.5. The minimum absolute atomic E-state index is 0.360. The van der Waals surface area contributed by atoms with Crippen LogP contribution in [0.4, 0.5) is 0 Å². The molecule has 0 aliphatic carbocycles. The molecule has 0 saturated heterocycles. The predicted molar refractivity (Wildman–Crippen MR) is 115 cm³/mol. The number of pyridine rings is 1. The summed E-state index contributed by atoms with van der Waals surface area (Å²) in [5.74, 6) is 1.98. The van der Waals surface area contributed by atoms with Crippen LogP contribution in [0.2, 0.25) is 0 Å². The molecule has 0 bridgehead atoms. The Morgan fingerprint density at radius 1 is 1.07 bits per heavy atom. The standard InChI is InChI=1S/C24H24N4O/c1-2-6-24-20(4-1)18(10-13-29-24)8-7-17-14-22(26-16-17)23-15-19(9-12-25-23)21-5-3-11-27-28-21/h1-2,4-6,9,12,14-18H,3,7-8,10-11,13H2. The molecule has 0 N–H and O–H groups in total. The Bertz CT molecular complexity index is 1020. The molecule has 3 aliphatic heterocycles. The highest BCUT2D eigenvalue weighted by Crippen LogP contribution is 2.37. The number of aromatic nitrogens is 1. The van der Waals surface area contributed by atoms with Crippen LogP contribution in [-0.4, -0.2) is 24.4 Å². The molecule has 2 aromatic rings. The molecule has 4 heterocycles. The van der Waals surface area contributed by atoms with E-state index in [1.54, 1.807) is 0 Å². The summed E-state index contributed by atoms with van der Waals surface area (Å²) in [7, 11) is 0. The van der Waals surface area contributed by atoms with Crippen molar-refractivity contribution < 1.29 is 4.74 Å². The lowest BCUT2D eigenvalue weighted by Crippen LogP contribution is -2.15. The van der Waals surface area contributed by atoms with E-state index in [1.165, 1.54) is 5.56 Å². The third-order valence-electron chi connectivity index (χ3n) is 5.77. The smallest absolute Gasteiger partial charge is 0.122 e. The van der Waals surface area contributed by atoms with Gasteiger partial charge in [0.2, 0.25) is 0 Å². The number of benzene rings is 1. The first-order chi connectivity index (χ1) is 14.4. The molecule has 0 spiro atoms. The van der Waals surface area contributed by atoms with E-state index in [-0.39, 0.29) is 0 Å². The number of rotatable bonds is 5. The lowest BCUT2D eigenvalue weighted by Gasteiger charge is -2.26. The molecule has 1 aromatic carbocycles. The zero-order chi connectivity index (χ0) is 19.5. The Hall–Kier alpha value is -3.08. The van der Waals surface area contributed by atoms with Gasteiger partial charge in [-0.05, 0) is 61.4 Å². The van der Waals surface area contributed by atoms with Crippen molar-refractivity contribution in [2.24, 2.45) is 21.1 Å². The third kappa shape index (κ3) is 3.90. The third-order valence-corrected chi connectivity index (χ3v) is 5.77. The summed E-state index contributed by atoms with van der Waals surface area (Å²) in [5, 5.41) is 8.41. The van der Waals surface area contributed by atoms with Gasteiger partial charge >= 0.3 is 0 Å². The van der Waals surface area contributed by atoms with Gasteiger partial charge in [0.1, 0.15) is 5.75 Å². The maximum atomic E-state index is 5.80. The van der Waals surface area contributed by atoms with Gasteiger partial charge in [-0.15, -0.1) is 0 Å². The van der Waals surface area contributed by atoms with Gasteiger partial charge in [0.05, 0.1) is 30.2 Å². The van der Waals surface area contributed by atoms with Crippen molar-refractivity contribution in [1.29, 1.82) is 0 Å². The molecular weight excluding hydrogens is 360 g/mol. The second-order valence-electron chi connectivity index (χ2n) is 7.72. The van der Waals surface area contributed by atoms with Gasteiger partial charge in [0.15, 0.2) is 0 Å². The number of allylic oxidation sites excluding steroid dienone is 1. The number of aliphatic imine (C=N–C) groups is 1. The van der Waals surface area contributed by atoms with Crippen molar-refractivity contribution in [2.45, 2.75) is 31.6 Å². The van der Waals surface area contributed by atoms with Crippen molar-refractivity contribution in [3.05, 3.63) is 71.6 Å². The number of hydrogen-bond donors (Lipinski definition) is 0. The molecule has 5 heteroatoms. The lowest BCUT2D eigenvalue weighted by molar-refractivity contribution is 0.261. The summed E-state index contributed by atoms with van der Waals surface area (Å²) >= 11 is 0. The van der Waals surface area contributed by atoms with Crippen LogP contribution in [0.5, 0.6) is 5.75 Å². The van der Waals surface area contributed by atoms with Crippen molar-refractivity contribution in [3.8, 4) is 5.75 Å². The van der Waals surface area contributed by atoms with Crippen LogP contribution in [0.25, 0.3) is 11.4 Å². The van der Waals surface area contributed by atoms with Crippen LogP contribution in [0.3, 0.4) is 0 Å². The van der Waals surface area contributed by atoms with Gasteiger partial charge in [0, 0.05) is 23.9 Å². The molecule has 0 fully saturated rings. The largest absolute Gasteiger partial charge is 0.493 e. The first-order valence-electron chi connectivity index (χ1n) is 10.4. The minimum atomic E-state index is 0.360. The van der Waals surface area contributed by atoms with Crippen molar-refractivity contribution in [2.75, 3.05) is 13.2 Å². The van der Waals surface area contributed by atoms with Gasteiger partial charge in [-0.2, -0.15) is 10.2 Å². The Balaban J connectivity index is 1.27. The van der Waals surface area contributed by atoms with E-state index < -0.39 is 0 Å². The van der Waals surface area contributed by atoms with E-state index >= 15 is 0 Å². The van der Waals surface area contributed by atoms with E-state index in [4.69, 9.17) is 4.74 Å². The molecule has 0 saturated carbocycles. The second-order valence-corrected chi connectivity index (χ2v) is 7.72. The molecule has 146 valence electrons. The molecule has 0 radical (unpaired) electrons. The van der Waals surface area contributed by atoms with Gasteiger partial charge in [-0.1, -0.05) is 24.3 Å². The van der Waals surface area contributed by atoms with Crippen molar-refractivity contribution in [1.82, 2.24) is 4.98 Å². The molecule has 5 rings (SSSR count). The van der Waals surface area contributed by atoms with Crippen LogP contribution in [0.1, 0.15) is 48.4 Å². The normalized spacial score (nSPS) is 22.6. The fourth-order valence-corrected chi connectivity index (χ4v) is 4.22. The van der Waals surface area contributed by atoms with E-state index in [2.05, 4.69) is 62.8 Å². The minimum Gasteiger partial charge on any atom is -0.493 e. The molecule has 29 heavy (non-hydrogen) atoms. The number of ether oxygens (including phenoxy) is 1. The Kier molecular flexibility index (Phi) is 5.03. The molecule has 0 amide bonds. The summed E-state index contributed by atoms with van der Waals surface area (Å²) in [5.41, 5.74) is 5.19. The number of azo groups is 1. The number of para-hydroxylation sites is 1. The first-order valence-corrected chi connectivity index (χ1v) is 10.4. The first kappa shape index (κ1) is 18.0. The highest BCUT2D eigenvalue weighted by molar-refractivity contribution is 5.82. The topological polar surface area (TPSA) is 59.2 Å². The SMILES string of the molecule is C1=NC(c2cc(C3=CCCN=N3)ccn2)=CC1CCC1CCOc2ccccc21. The van der Waals surface area contributed by atoms with E-state index in [0.717, 1.165) is 67.2 Å². The molecule has 3 aliphatic rings. The number of nitrogens with zero attached hydrogens (tertiary/aromatic N) is 4. The Labute approximate surface area is 171 Å². The average molecular weight is 384 g/mol. The zero-order valence-electron chi connectivity index (χ0n) is 16.4. The van der Waals surface area contributed by atoms with E-state index in [9.17, 15) is 0 Å². The van der Waals surface area contributed by atoms with Crippen LogP contribution in [0, 0.1) is 5.92 Å². The summed E-state index contributed by atoms with van der Waals surface area (Å²) in [4.78, 5) is 9.19. The monoisotopic (exact) mass is 384 g/mol. The number of hydrogen-bond acceptors (Lipinski definition) is 5. The quantitative estimate of drug-likeness (QED) is 0.667. The van der Waals surface area contributed by atoms with Gasteiger partial charge in [-0.25, -0.2) is 0 Å². The van der Waals surface area contributed by atoms with E-state index in [0.29, 0.717) is 11.8 Å². The molecule has 2 unspecified atom stereocenters. The molecule has 1 aromatic heterocycles. The maximum Gasteiger partial charge on any atom is 0.122 e. The van der Waals surface area contributed by atoms with Crippen molar-refractivity contribution >= 4 is 17.6 Å². The predicted octanol–water partition coefficient (Wildman–Crippen LogP) is 5.67. The number of fused-ring (bicyclic) bond motifs is 1. The molecular formula is C24H24N4O. The maximum absolute atomic E-state index is 5.80. The van der Waals surface area contributed by atoms with Gasteiger partial charge in [0.25, 0.3) is 0 Å². The molecule has 5 nitrogen and oxygen atoms in total. The lowest BCUT2D eigenvalue weighted by atomic mass is 9.87. The second kappa shape index (κ2) is 8.11. The van der Waals surface area contributed by atoms with Crippen LogP contribution in [0.15, 0.2) is 70.0 Å². The summed E-state index contributed by atoms with van der Waals surface area (Å²) in [6.45, 7) is 1.58. The fourth-order valence-electron chi connectivity index (χ4n) is 4.22. The van der Waals surface area contributed by atoms with Crippen LogP contribution in [-0.2, 0) is 0 Å². The average Bonchev–Trinajstić information content (AvgIpc) is 3.27. The van der Waals surface area contributed by atoms with E-state index in [1.807, 2.05) is 18.3 Å². The molecule has 2 atom stereocenters. The van der Waals surface area contributed by atoms with Crippen LogP contribution < -0.4 is 4.74 Å². The van der Waals surface area contributed by atoms with Crippen LogP contribution >= 0.6 is 0 Å². The highest BCUT2D eigenvalue weighted by Gasteiger charge is 2.23. The van der Waals surface area contributed by atoms with Gasteiger partial charge < -0.3 is 4.74 Å². The fraction of sp³-hybridized carbons (Fsp3) is 0.333. The van der Waals surface area contributed by atoms with Crippen molar-refractivity contribution in [3.63, 3.8) is 0 Å².